The van der Waals surface area contributed by atoms with Crippen LogP contribution in [-0.2, 0) is 9.59 Å². The molecule has 1 aromatic heterocycles. The average molecular weight is 427 g/mol. The number of carbonyl (C=O) groups excluding carboxylic acids is 2. The molecule has 9 heteroatoms. The summed E-state index contributed by atoms with van der Waals surface area (Å²) >= 11 is 11.9. The number of ether oxygens (including phenoxy) is 1. The van der Waals surface area contributed by atoms with Crippen LogP contribution in [0.4, 0.5) is 0 Å². The maximum Gasteiger partial charge on any atom is 0.244 e. The number of rotatable bonds is 10. The molecule has 0 saturated carbocycles. The summed E-state index contributed by atoms with van der Waals surface area (Å²) in [6.07, 6.45) is 3.50. The average Bonchev–Trinajstić information content (AvgIpc) is 3.19. The van der Waals surface area contributed by atoms with Crippen LogP contribution in [0.1, 0.15) is 12.2 Å². The van der Waals surface area contributed by atoms with Crippen molar-refractivity contribution in [2.75, 3.05) is 19.7 Å². The van der Waals surface area contributed by atoms with Crippen LogP contribution >= 0.6 is 23.2 Å². The van der Waals surface area contributed by atoms with Crippen LogP contribution < -0.4 is 15.4 Å². The zero-order chi connectivity index (χ0) is 20.4. The number of carbonyl (C=O) groups is 2. The van der Waals surface area contributed by atoms with Gasteiger partial charge in [0.2, 0.25) is 11.8 Å². The fraction of sp³-hybridized carbons (Fsp3) is 0.263. The fourth-order valence-electron chi connectivity index (χ4n) is 2.06. The summed E-state index contributed by atoms with van der Waals surface area (Å²) in [6.45, 7) is 0.107. The summed E-state index contributed by atoms with van der Waals surface area (Å²) in [4.78, 5) is 23.4. The van der Waals surface area contributed by atoms with Crippen LogP contribution in [-0.4, -0.2) is 42.7 Å². The van der Waals surface area contributed by atoms with Crippen molar-refractivity contribution < 1.29 is 23.8 Å². The molecule has 0 aliphatic carbocycles. The Balaban J connectivity index is 1.59. The van der Waals surface area contributed by atoms with Gasteiger partial charge in [0, 0.05) is 25.6 Å². The number of halogens is 2. The molecule has 1 unspecified atom stereocenters. The summed E-state index contributed by atoms with van der Waals surface area (Å²) in [6, 6.07) is 8.36. The van der Waals surface area contributed by atoms with Gasteiger partial charge in [0.1, 0.15) is 29.2 Å². The zero-order valence-corrected chi connectivity index (χ0v) is 16.4. The third-order valence-corrected chi connectivity index (χ3v) is 4.28. The molecule has 0 fully saturated rings. The highest BCUT2D eigenvalue weighted by molar-refractivity contribution is 6.42. The van der Waals surface area contributed by atoms with Crippen LogP contribution in [0.3, 0.4) is 0 Å². The van der Waals surface area contributed by atoms with Crippen molar-refractivity contribution in [1.29, 1.82) is 0 Å². The normalized spacial score (nSPS) is 12.0. The predicted octanol–water partition coefficient (Wildman–Crippen LogP) is 2.66. The van der Waals surface area contributed by atoms with Crippen LogP contribution in [0.25, 0.3) is 6.08 Å². The first-order valence-corrected chi connectivity index (χ1v) is 9.22. The lowest BCUT2D eigenvalue weighted by atomic mass is 10.3. The number of hydrogen-bond acceptors (Lipinski definition) is 5. The van der Waals surface area contributed by atoms with Crippen molar-refractivity contribution in [1.82, 2.24) is 10.6 Å². The van der Waals surface area contributed by atoms with Gasteiger partial charge in [-0.1, -0.05) is 29.3 Å². The molecule has 2 rings (SSSR count). The van der Waals surface area contributed by atoms with Gasteiger partial charge in [-0.2, -0.15) is 0 Å². The van der Waals surface area contributed by atoms with E-state index in [-0.39, 0.29) is 43.0 Å². The minimum absolute atomic E-state index is 0.00333. The molecule has 0 aliphatic heterocycles. The lowest BCUT2D eigenvalue weighted by molar-refractivity contribution is -0.121. The van der Waals surface area contributed by atoms with Crippen LogP contribution in [0.2, 0.25) is 10.0 Å². The number of hydrogen-bond donors (Lipinski definition) is 3. The Bertz CT molecular complexity index is 809. The molecular formula is C19H20Cl2N2O5. The molecule has 0 spiro atoms. The van der Waals surface area contributed by atoms with Gasteiger partial charge in [-0.15, -0.1) is 0 Å². The molecule has 28 heavy (non-hydrogen) atoms. The topological polar surface area (TPSA) is 101 Å². The fourth-order valence-corrected chi connectivity index (χ4v) is 2.41. The predicted molar refractivity (Wildman–Crippen MR) is 106 cm³/mol. The number of nitrogens with one attached hydrogen (secondary N) is 2. The Kier molecular flexibility index (Phi) is 8.87. The third-order valence-electron chi connectivity index (χ3n) is 3.48. The standard InChI is InChI=1S/C19H20Cl2N2O5/c20-15-4-1-5-16(19(15)21)28-12-13(24)11-23-18(26)8-9-22-17(25)7-6-14-3-2-10-27-14/h1-7,10,13,24H,8-9,11-12H2,(H,22,25)(H,23,26)/b7-6+. The molecule has 2 amide bonds. The van der Waals surface area contributed by atoms with E-state index in [1.165, 1.54) is 18.4 Å². The Hall–Kier alpha value is -2.48. The van der Waals surface area contributed by atoms with Crippen molar-refractivity contribution in [3.8, 4) is 5.75 Å². The molecule has 150 valence electrons. The van der Waals surface area contributed by atoms with Gasteiger partial charge in [0.05, 0.1) is 11.3 Å². The minimum atomic E-state index is -0.926. The quantitative estimate of drug-likeness (QED) is 0.507. The second kappa shape index (κ2) is 11.4. The van der Waals surface area contributed by atoms with E-state index >= 15 is 0 Å². The lowest BCUT2D eigenvalue weighted by Crippen LogP contribution is -2.37. The van der Waals surface area contributed by atoms with Crippen molar-refractivity contribution in [3.63, 3.8) is 0 Å². The monoisotopic (exact) mass is 426 g/mol. The Morgan fingerprint density at radius 1 is 1.21 bits per heavy atom. The van der Waals surface area contributed by atoms with Crippen molar-refractivity contribution >= 4 is 41.1 Å². The number of benzene rings is 1. The molecule has 3 N–H and O–H groups in total. The van der Waals surface area contributed by atoms with E-state index in [0.717, 1.165) is 0 Å². The Labute approximate surface area is 172 Å². The molecule has 0 aliphatic rings. The molecule has 0 bridgehead atoms. The maximum atomic E-state index is 11.8. The first kappa shape index (κ1) is 21.8. The van der Waals surface area contributed by atoms with Crippen molar-refractivity contribution in [2.45, 2.75) is 12.5 Å². The first-order chi connectivity index (χ1) is 13.5. The molecule has 1 aromatic carbocycles. The molecule has 1 heterocycles. The van der Waals surface area contributed by atoms with Gasteiger partial charge in [-0.05, 0) is 30.3 Å². The number of aliphatic hydroxyl groups is 1. The van der Waals surface area contributed by atoms with Crippen molar-refractivity contribution in [2.24, 2.45) is 0 Å². The molecular weight excluding hydrogens is 407 g/mol. The molecule has 1 atom stereocenters. The van der Waals surface area contributed by atoms with Crippen molar-refractivity contribution in [3.05, 3.63) is 58.5 Å². The first-order valence-electron chi connectivity index (χ1n) is 8.46. The molecule has 7 nitrogen and oxygen atoms in total. The van der Waals surface area contributed by atoms with E-state index in [1.807, 2.05) is 0 Å². The Morgan fingerprint density at radius 3 is 2.79 bits per heavy atom. The van der Waals surface area contributed by atoms with Gasteiger partial charge in [0.15, 0.2) is 0 Å². The summed E-state index contributed by atoms with van der Waals surface area (Å²) in [5.74, 6) is 0.263. The highest BCUT2D eigenvalue weighted by atomic mass is 35.5. The third kappa shape index (κ3) is 7.64. The lowest BCUT2D eigenvalue weighted by Gasteiger charge is -2.14. The molecule has 0 saturated heterocycles. The number of aliphatic hydroxyl groups excluding tert-OH is 1. The second-order valence-electron chi connectivity index (χ2n) is 5.71. The molecule has 0 radical (unpaired) electrons. The van der Waals surface area contributed by atoms with Gasteiger partial charge >= 0.3 is 0 Å². The largest absolute Gasteiger partial charge is 0.489 e. The van der Waals surface area contributed by atoms with Crippen LogP contribution in [0.5, 0.6) is 5.75 Å². The highest BCUT2D eigenvalue weighted by Gasteiger charge is 2.11. The van der Waals surface area contributed by atoms with E-state index in [2.05, 4.69) is 10.6 Å². The SMILES string of the molecule is O=C(/C=C/c1ccco1)NCCC(=O)NCC(O)COc1cccc(Cl)c1Cl. The van der Waals surface area contributed by atoms with Gasteiger partial charge in [-0.25, -0.2) is 0 Å². The van der Waals surface area contributed by atoms with E-state index in [1.54, 1.807) is 30.3 Å². The molecule has 2 aromatic rings. The van der Waals surface area contributed by atoms with E-state index in [9.17, 15) is 14.7 Å². The summed E-state index contributed by atoms with van der Waals surface area (Å²) < 4.78 is 10.5. The minimum Gasteiger partial charge on any atom is -0.489 e. The Morgan fingerprint density at radius 2 is 2.04 bits per heavy atom. The van der Waals surface area contributed by atoms with Crippen LogP contribution in [0.15, 0.2) is 47.1 Å². The van der Waals surface area contributed by atoms with Gasteiger partial charge < -0.3 is 24.9 Å². The maximum absolute atomic E-state index is 11.8. The van der Waals surface area contributed by atoms with E-state index < -0.39 is 6.10 Å². The number of furan rings is 1. The second-order valence-corrected chi connectivity index (χ2v) is 6.50. The zero-order valence-electron chi connectivity index (χ0n) is 14.9. The van der Waals surface area contributed by atoms with Gasteiger partial charge in [0.25, 0.3) is 0 Å². The smallest absolute Gasteiger partial charge is 0.244 e. The van der Waals surface area contributed by atoms with Crippen LogP contribution in [0, 0.1) is 0 Å². The highest BCUT2D eigenvalue weighted by Crippen LogP contribution is 2.31. The summed E-state index contributed by atoms with van der Waals surface area (Å²) in [5.41, 5.74) is 0. The van der Waals surface area contributed by atoms with E-state index in [4.69, 9.17) is 32.4 Å². The number of amides is 2. The van der Waals surface area contributed by atoms with Gasteiger partial charge in [-0.3, -0.25) is 9.59 Å². The summed E-state index contributed by atoms with van der Waals surface area (Å²) in [7, 11) is 0. The van der Waals surface area contributed by atoms with E-state index in [0.29, 0.717) is 16.5 Å². The summed E-state index contributed by atoms with van der Waals surface area (Å²) in [5, 5.41) is 15.6.